The summed E-state index contributed by atoms with van der Waals surface area (Å²) in [5.41, 5.74) is 6.90. The summed E-state index contributed by atoms with van der Waals surface area (Å²) in [5.74, 6) is -0.250. The number of benzene rings is 1. The number of halogens is 1. The number of nitrogens with two attached hydrogens (primary N) is 1. The molecule has 0 bridgehead atoms. The zero-order valence-corrected chi connectivity index (χ0v) is 12.1. The van der Waals surface area contributed by atoms with Crippen molar-refractivity contribution >= 4 is 35.7 Å². The summed E-state index contributed by atoms with van der Waals surface area (Å²) in [4.78, 5) is 24.9. The zero-order valence-electron chi connectivity index (χ0n) is 11.3. The van der Waals surface area contributed by atoms with E-state index in [0.29, 0.717) is 18.8 Å². The lowest BCUT2D eigenvalue weighted by molar-refractivity contribution is -0.117. The van der Waals surface area contributed by atoms with Gasteiger partial charge in [-0.3, -0.25) is 9.69 Å². The molecule has 6 nitrogen and oxygen atoms in total. The van der Waals surface area contributed by atoms with E-state index in [4.69, 9.17) is 5.73 Å². The Morgan fingerprint density at radius 1 is 1.50 bits per heavy atom. The molecule has 1 aliphatic rings. The average Bonchev–Trinajstić information content (AvgIpc) is 2.39. The highest BCUT2D eigenvalue weighted by molar-refractivity contribution is 5.96. The van der Waals surface area contributed by atoms with Crippen molar-refractivity contribution in [1.29, 1.82) is 0 Å². The van der Waals surface area contributed by atoms with Gasteiger partial charge in [0.25, 0.3) is 0 Å². The molecule has 1 aromatic carbocycles. The van der Waals surface area contributed by atoms with Gasteiger partial charge in [-0.25, -0.2) is 4.79 Å². The first-order valence-corrected chi connectivity index (χ1v) is 6.30. The summed E-state index contributed by atoms with van der Waals surface area (Å²) < 4.78 is 0. The number of nitrogens with one attached hydrogen (secondary N) is 2. The van der Waals surface area contributed by atoms with Gasteiger partial charge < -0.3 is 16.4 Å². The fourth-order valence-corrected chi connectivity index (χ4v) is 1.88. The number of rotatable bonds is 3. The van der Waals surface area contributed by atoms with Crippen molar-refractivity contribution in [2.24, 2.45) is 5.73 Å². The van der Waals surface area contributed by atoms with Crippen LogP contribution in [0.4, 0.5) is 16.2 Å². The molecule has 0 aromatic heterocycles. The summed E-state index contributed by atoms with van der Waals surface area (Å²) in [6, 6.07) is 6.50. The van der Waals surface area contributed by atoms with Crippen LogP contribution in [-0.2, 0) is 4.79 Å². The molecular formula is C13H19ClN4O2. The largest absolute Gasteiger partial charge is 0.338 e. The van der Waals surface area contributed by atoms with Gasteiger partial charge in [-0.1, -0.05) is 6.07 Å². The summed E-state index contributed by atoms with van der Waals surface area (Å²) in [6.07, 6.45) is 0.905. The van der Waals surface area contributed by atoms with E-state index in [1.54, 1.807) is 30.0 Å². The SMILES string of the molecule is C[C@@H](N)C(=O)Nc1cccc(N2CCCNC2=O)c1.Cl. The van der Waals surface area contributed by atoms with Gasteiger partial charge in [0.1, 0.15) is 0 Å². The van der Waals surface area contributed by atoms with Crippen molar-refractivity contribution in [3.63, 3.8) is 0 Å². The van der Waals surface area contributed by atoms with Crippen molar-refractivity contribution < 1.29 is 9.59 Å². The van der Waals surface area contributed by atoms with Crippen molar-refractivity contribution in [2.75, 3.05) is 23.3 Å². The molecule has 0 unspecified atom stereocenters. The van der Waals surface area contributed by atoms with E-state index in [1.807, 2.05) is 6.07 Å². The minimum atomic E-state index is -0.568. The van der Waals surface area contributed by atoms with E-state index in [2.05, 4.69) is 10.6 Å². The van der Waals surface area contributed by atoms with E-state index >= 15 is 0 Å². The predicted octanol–water partition coefficient (Wildman–Crippen LogP) is 1.31. The summed E-state index contributed by atoms with van der Waals surface area (Å²) >= 11 is 0. The van der Waals surface area contributed by atoms with Crippen LogP contribution in [0.3, 0.4) is 0 Å². The molecule has 110 valence electrons. The molecule has 20 heavy (non-hydrogen) atoms. The van der Waals surface area contributed by atoms with Crippen molar-refractivity contribution in [2.45, 2.75) is 19.4 Å². The fraction of sp³-hybridized carbons (Fsp3) is 0.385. The second-order valence-corrected chi connectivity index (χ2v) is 4.57. The van der Waals surface area contributed by atoms with E-state index < -0.39 is 6.04 Å². The Balaban J connectivity index is 0.00000200. The van der Waals surface area contributed by atoms with Crippen molar-refractivity contribution in [1.82, 2.24) is 5.32 Å². The molecule has 0 spiro atoms. The number of nitrogens with zero attached hydrogens (tertiary/aromatic N) is 1. The Hall–Kier alpha value is -1.79. The van der Waals surface area contributed by atoms with Crippen LogP contribution in [-0.4, -0.2) is 31.1 Å². The third-order valence-electron chi connectivity index (χ3n) is 2.92. The zero-order chi connectivity index (χ0) is 13.8. The number of amides is 3. The maximum absolute atomic E-state index is 11.7. The predicted molar refractivity (Wildman–Crippen MR) is 81.3 cm³/mol. The summed E-state index contributed by atoms with van der Waals surface area (Å²) in [6.45, 7) is 3.00. The first kappa shape index (κ1) is 16.3. The highest BCUT2D eigenvalue weighted by Gasteiger charge is 2.19. The smallest absolute Gasteiger partial charge is 0.321 e. The average molecular weight is 299 g/mol. The lowest BCUT2D eigenvalue weighted by atomic mass is 10.2. The van der Waals surface area contributed by atoms with Gasteiger partial charge in [0.15, 0.2) is 0 Å². The lowest BCUT2D eigenvalue weighted by Crippen LogP contribution is -2.46. The first-order chi connectivity index (χ1) is 9.08. The standard InChI is InChI=1S/C13H18N4O2.ClH/c1-9(14)12(18)16-10-4-2-5-11(8-10)17-7-3-6-15-13(17)19;/h2,4-5,8-9H,3,6-7,14H2,1H3,(H,15,19)(H,16,18);1H/t9-;/m1./s1. The molecule has 4 N–H and O–H groups in total. The molecule has 0 saturated carbocycles. The fourth-order valence-electron chi connectivity index (χ4n) is 1.88. The molecule has 7 heteroatoms. The molecular weight excluding hydrogens is 280 g/mol. The molecule has 2 rings (SSSR count). The van der Waals surface area contributed by atoms with Crippen LogP contribution in [0, 0.1) is 0 Å². The topological polar surface area (TPSA) is 87.5 Å². The van der Waals surface area contributed by atoms with Gasteiger partial charge in [0.05, 0.1) is 6.04 Å². The number of carbonyl (C=O) groups is 2. The van der Waals surface area contributed by atoms with Crippen LogP contribution in [0.1, 0.15) is 13.3 Å². The highest BCUT2D eigenvalue weighted by Crippen LogP contribution is 2.21. The summed E-state index contributed by atoms with van der Waals surface area (Å²) in [7, 11) is 0. The van der Waals surface area contributed by atoms with Crippen LogP contribution >= 0.6 is 12.4 Å². The molecule has 0 radical (unpaired) electrons. The molecule has 0 aliphatic carbocycles. The normalized spacial score (nSPS) is 15.9. The summed E-state index contributed by atoms with van der Waals surface area (Å²) in [5, 5.41) is 5.50. The van der Waals surface area contributed by atoms with Gasteiger partial charge in [0, 0.05) is 24.5 Å². The molecule has 3 amide bonds. The van der Waals surface area contributed by atoms with Gasteiger partial charge >= 0.3 is 6.03 Å². The monoisotopic (exact) mass is 298 g/mol. The molecule has 1 aromatic rings. The van der Waals surface area contributed by atoms with Crippen LogP contribution in [0.25, 0.3) is 0 Å². The quantitative estimate of drug-likeness (QED) is 0.786. The Bertz CT molecular complexity index is 493. The minimum absolute atomic E-state index is 0. The molecule has 1 aliphatic heterocycles. The lowest BCUT2D eigenvalue weighted by Gasteiger charge is -2.27. The maximum Gasteiger partial charge on any atom is 0.321 e. The van der Waals surface area contributed by atoms with Crippen molar-refractivity contribution in [3.05, 3.63) is 24.3 Å². The molecule has 1 saturated heterocycles. The second kappa shape index (κ2) is 7.12. The molecule has 1 fully saturated rings. The van der Waals surface area contributed by atoms with Crippen molar-refractivity contribution in [3.8, 4) is 0 Å². The van der Waals surface area contributed by atoms with Crippen LogP contribution < -0.4 is 21.3 Å². The van der Waals surface area contributed by atoms with E-state index in [1.165, 1.54) is 0 Å². The van der Waals surface area contributed by atoms with Gasteiger partial charge in [-0.05, 0) is 31.5 Å². The van der Waals surface area contributed by atoms with E-state index in [-0.39, 0.29) is 24.3 Å². The molecule has 1 heterocycles. The highest BCUT2D eigenvalue weighted by atomic mass is 35.5. The van der Waals surface area contributed by atoms with Gasteiger partial charge in [-0.2, -0.15) is 0 Å². The van der Waals surface area contributed by atoms with Gasteiger partial charge in [-0.15, -0.1) is 12.4 Å². The van der Waals surface area contributed by atoms with Crippen LogP contribution in [0.2, 0.25) is 0 Å². The Kier molecular flexibility index (Phi) is 5.79. The number of urea groups is 1. The number of carbonyl (C=O) groups excluding carboxylic acids is 2. The van der Waals surface area contributed by atoms with Crippen LogP contribution in [0.15, 0.2) is 24.3 Å². The Morgan fingerprint density at radius 3 is 2.90 bits per heavy atom. The molecule has 1 atom stereocenters. The maximum atomic E-state index is 11.7. The van der Waals surface area contributed by atoms with Gasteiger partial charge in [0.2, 0.25) is 5.91 Å². The number of anilines is 2. The third-order valence-corrected chi connectivity index (χ3v) is 2.92. The first-order valence-electron chi connectivity index (χ1n) is 6.30. The second-order valence-electron chi connectivity index (χ2n) is 4.57. The van der Waals surface area contributed by atoms with E-state index in [9.17, 15) is 9.59 Å². The van der Waals surface area contributed by atoms with Crippen LogP contribution in [0.5, 0.6) is 0 Å². The minimum Gasteiger partial charge on any atom is -0.338 e. The number of hydrogen-bond acceptors (Lipinski definition) is 3. The van der Waals surface area contributed by atoms with E-state index in [0.717, 1.165) is 12.1 Å². The Morgan fingerprint density at radius 2 is 2.25 bits per heavy atom. The number of hydrogen-bond donors (Lipinski definition) is 3. The Labute approximate surface area is 124 Å². The third kappa shape index (κ3) is 3.85.